The number of aliphatic carboxylic acids is 1. The Kier molecular flexibility index (Phi) is 3.21. The van der Waals surface area contributed by atoms with E-state index in [1.54, 1.807) is 12.3 Å². The Morgan fingerprint density at radius 1 is 1.35 bits per heavy atom. The molecular formula is C13H8N2O3S2. The van der Waals surface area contributed by atoms with Crippen molar-refractivity contribution in [1.82, 2.24) is 8.94 Å². The first-order valence-corrected chi connectivity index (χ1v) is 7.22. The van der Waals surface area contributed by atoms with Crippen molar-refractivity contribution in [3.8, 4) is 5.13 Å². The van der Waals surface area contributed by atoms with E-state index in [2.05, 4.69) is 4.98 Å². The van der Waals surface area contributed by atoms with Crippen molar-refractivity contribution in [2.75, 3.05) is 0 Å². The van der Waals surface area contributed by atoms with Crippen LogP contribution in [0.2, 0.25) is 0 Å². The predicted octanol–water partition coefficient (Wildman–Crippen LogP) is 2.61. The van der Waals surface area contributed by atoms with Crippen molar-refractivity contribution < 1.29 is 9.90 Å². The van der Waals surface area contributed by atoms with E-state index in [1.165, 1.54) is 32.9 Å². The Morgan fingerprint density at radius 3 is 2.90 bits per heavy atom. The second-order valence-electron chi connectivity index (χ2n) is 3.90. The predicted molar refractivity (Wildman–Crippen MR) is 79.8 cm³/mol. The summed E-state index contributed by atoms with van der Waals surface area (Å²) in [6, 6.07) is 7.37. The van der Waals surface area contributed by atoms with Gasteiger partial charge in [-0.15, -0.1) is 0 Å². The molecule has 7 heteroatoms. The molecule has 0 spiro atoms. The summed E-state index contributed by atoms with van der Waals surface area (Å²) < 4.78 is 2.42. The molecule has 0 aliphatic rings. The molecule has 0 saturated heterocycles. The molecule has 0 aliphatic carbocycles. The molecule has 5 nitrogen and oxygen atoms in total. The standard InChI is InChI=1S/C13H8N2O3S2/c16-11(17)6-5-8-7-14-13(19-8)15-12(18)9-3-1-2-4-10(9)20-15/h1-7H,(H,16,17)/b6-5+. The van der Waals surface area contributed by atoms with Gasteiger partial charge in [0.25, 0.3) is 5.56 Å². The first-order chi connectivity index (χ1) is 9.65. The van der Waals surface area contributed by atoms with E-state index in [4.69, 9.17) is 5.11 Å². The van der Waals surface area contributed by atoms with Crippen molar-refractivity contribution in [3.63, 3.8) is 0 Å². The Hall–Kier alpha value is -2.25. The highest BCUT2D eigenvalue weighted by Crippen LogP contribution is 2.23. The van der Waals surface area contributed by atoms with E-state index in [9.17, 15) is 9.59 Å². The van der Waals surface area contributed by atoms with Gasteiger partial charge in [-0.05, 0) is 29.7 Å². The molecule has 1 N–H and O–H groups in total. The van der Waals surface area contributed by atoms with Gasteiger partial charge in [-0.3, -0.25) is 4.79 Å². The van der Waals surface area contributed by atoms with E-state index in [0.717, 1.165) is 10.8 Å². The fourth-order valence-electron chi connectivity index (χ4n) is 1.70. The molecule has 2 aromatic heterocycles. The first kappa shape index (κ1) is 12.8. The van der Waals surface area contributed by atoms with Crippen LogP contribution in [0.1, 0.15) is 4.88 Å². The molecule has 0 aliphatic heterocycles. The second kappa shape index (κ2) is 5.03. The number of benzene rings is 1. The Bertz CT molecular complexity index is 873. The lowest BCUT2D eigenvalue weighted by Gasteiger charge is -1.90. The van der Waals surface area contributed by atoms with Crippen LogP contribution in [0.5, 0.6) is 0 Å². The van der Waals surface area contributed by atoms with Crippen LogP contribution in [0.15, 0.2) is 41.3 Å². The van der Waals surface area contributed by atoms with Crippen LogP contribution in [0.4, 0.5) is 0 Å². The smallest absolute Gasteiger partial charge is 0.328 e. The number of aromatic nitrogens is 2. The average Bonchev–Trinajstić information content (AvgIpc) is 3.02. The monoisotopic (exact) mass is 304 g/mol. The van der Waals surface area contributed by atoms with Crippen LogP contribution in [0, 0.1) is 0 Å². The molecule has 100 valence electrons. The fraction of sp³-hybridized carbons (Fsp3) is 0. The molecule has 0 saturated carbocycles. The van der Waals surface area contributed by atoms with Gasteiger partial charge in [0.05, 0.1) is 10.1 Å². The van der Waals surface area contributed by atoms with Crippen molar-refractivity contribution in [1.29, 1.82) is 0 Å². The summed E-state index contributed by atoms with van der Waals surface area (Å²) in [5, 5.41) is 9.79. The maximum atomic E-state index is 12.2. The van der Waals surface area contributed by atoms with Gasteiger partial charge in [0, 0.05) is 17.2 Å². The number of nitrogens with zero attached hydrogens (tertiary/aromatic N) is 2. The summed E-state index contributed by atoms with van der Waals surface area (Å²) in [6.45, 7) is 0. The summed E-state index contributed by atoms with van der Waals surface area (Å²) >= 11 is 2.60. The molecule has 0 bridgehead atoms. The SMILES string of the molecule is O=C(O)/C=C/c1cnc(-n2sc3ccccc3c2=O)s1. The van der Waals surface area contributed by atoms with E-state index in [-0.39, 0.29) is 5.56 Å². The summed E-state index contributed by atoms with van der Waals surface area (Å²) in [7, 11) is 0. The summed E-state index contributed by atoms with van der Waals surface area (Å²) in [6.07, 6.45) is 4.06. The van der Waals surface area contributed by atoms with E-state index in [0.29, 0.717) is 15.4 Å². The first-order valence-electron chi connectivity index (χ1n) is 5.63. The number of thiazole rings is 1. The number of carboxylic acids is 1. The maximum Gasteiger partial charge on any atom is 0.328 e. The Labute approximate surface area is 121 Å². The fourth-order valence-corrected chi connectivity index (χ4v) is 3.54. The highest BCUT2D eigenvalue weighted by Gasteiger charge is 2.11. The molecule has 0 fully saturated rings. The van der Waals surface area contributed by atoms with Gasteiger partial charge in [-0.25, -0.2) is 13.7 Å². The minimum absolute atomic E-state index is 0.103. The van der Waals surface area contributed by atoms with E-state index in [1.807, 2.05) is 18.2 Å². The third kappa shape index (κ3) is 2.28. The minimum atomic E-state index is -1.01. The topological polar surface area (TPSA) is 72.2 Å². The molecule has 3 aromatic rings. The van der Waals surface area contributed by atoms with Crippen molar-refractivity contribution >= 4 is 45.0 Å². The van der Waals surface area contributed by atoms with E-state index < -0.39 is 5.97 Å². The number of rotatable bonds is 3. The molecule has 0 radical (unpaired) electrons. The number of hydrogen-bond acceptors (Lipinski definition) is 5. The van der Waals surface area contributed by atoms with Gasteiger partial charge in [0.1, 0.15) is 0 Å². The highest BCUT2D eigenvalue weighted by atomic mass is 32.1. The molecule has 0 amide bonds. The number of fused-ring (bicyclic) bond motifs is 1. The van der Waals surface area contributed by atoms with Crippen LogP contribution < -0.4 is 5.56 Å². The lowest BCUT2D eigenvalue weighted by Crippen LogP contribution is -2.09. The van der Waals surface area contributed by atoms with Gasteiger partial charge in [0.15, 0.2) is 0 Å². The third-order valence-electron chi connectivity index (χ3n) is 2.57. The van der Waals surface area contributed by atoms with Crippen LogP contribution >= 0.6 is 22.9 Å². The van der Waals surface area contributed by atoms with Crippen molar-refractivity contribution in [2.45, 2.75) is 0 Å². The lowest BCUT2D eigenvalue weighted by atomic mass is 10.3. The Morgan fingerprint density at radius 2 is 2.15 bits per heavy atom. The summed E-state index contributed by atoms with van der Waals surface area (Å²) in [5.74, 6) is -1.01. The van der Waals surface area contributed by atoms with Crippen LogP contribution in [-0.2, 0) is 4.79 Å². The molecule has 1 aromatic carbocycles. The molecule has 0 atom stereocenters. The number of carboxylic acid groups (broad SMARTS) is 1. The Balaban J connectivity index is 2.06. The van der Waals surface area contributed by atoms with Gasteiger partial charge < -0.3 is 5.11 Å². The maximum absolute atomic E-state index is 12.2. The van der Waals surface area contributed by atoms with Crippen LogP contribution in [0.25, 0.3) is 21.3 Å². The van der Waals surface area contributed by atoms with Gasteiger partial charge in [-0.1, -0.05) is 23.5 Å². The molecule has 20 heavy (non-hydrogen) atoms. The zero-order valence-electron chi connectivity index (χ0n) is 10.0. The number of carbonyl (C=O) groups is 1. The lowest BCUT2D eigenvalue weighted by molar-refractivity contribution is -0.131. The minimum Gasteiger partial charge on any atom is -0.478 e. The largest absolute Gasteiger partial charge is 0.478 e. The summed E-state index contributed by atoms with van der Waals surface area (Å²) in [5.41, 5.74) is -0.103. The normalized spacial score (nSPS) is 11.4. The zero-order valence-corrected chi connectivity index (χ0v) is 11.6. The molecule has 3 rings (SSSR count). The second-order valence-corrected chi connectivity index (χ2v) is 5.93. The van der Waals surface area contributed by atoms with Crippen LogP contribution in [-0.4, -0.2) is 20.0 Å². The average molecular weight is 304 g/mol. The number of hydrogen-bond donors (Lipinski definition) is 1. The summed E-state index contributed by atoms with van der Waals surface area (Å²) in [4.78, 5) is 27.6. The highest BCUT2D eigenvalue weighted by molar-refractivity contribution is 7.18. The van der Waals surface area contributed by atoms with Crippen molar-refractivity contribution in [3.05, 3.63) is 51.8 Å². The molecular weight excluding hydrogens is 296 g/mol. The van der Waals surface area contributed by atoms with Crippen molar-refractivity contribution in [2.24, 2.45) is 0 Å². The van der Waals surface area contributed by atoms with E-state index >= 15 is 0 Å². The molecule has 0 unspecified atom stereocenters. The van der Waals surface area contributed by atoms with Gasteiger partial charge in [-0.2, -0.15) is 0 Å². The third-order valence-corrected chi connectivity index (χ3v) is 4.70. The van der Waals surface area contributed by atoms with Gasteiger partial charge >= 0.3 is 5.97 Å². The quantitative estimate of drug-likeness (QED) is 0.755. The zero-order chi connectivity index (χ0) is 14.1. The molecule has 2 heterocycles. The van der Waals surface area contributed by atoms with Crippen LogP contribution in [0.3, 0.4) is 0 Å². The van der Waals surface area contributed by atoms with Gasteiger partial charge in [0.2, 0.25) is 5.13 Å².